The molecule has 1 saturated heterocycles. The standard InChI is InChI=1S/C13H21ClN4/c1-2-3-17-4-6-18(7-5-17)13-12(14)8-11(9-15)10-16-13/h8,10H,2-7,9,15H2,1H3. The van der Waals surface area contributed by atoms with E-state index >= 15 is 0 Å². The predicted molar refractivity (Wildman–Crippen MR) is 76.1 cm³/mol. The molecule has 5 heteroatoms. The normalized spacial score (nSPS) is 17.2. The lowest BCUT2D eigenvalue weighted by molar-refractivity contribution is 0.258. The third-order valence-electron chi connectivity index (χ3n) is 3.33. The van der Waals surface area contributed by atoms with Crippen molar-refractivity contribution in [3.63, 3.8) is 0 Å². The van der Waals surface area contributed by atoms with Crippen LogP contribution in [0.2, 0.25) is 5.02 Å². The highest BCUT2D eigenvalue weighted by Gasteiger charge is 2.19. The molecule has 0 radical (unpaired) electrons. The number of aromatic nitrogens is 1. The van der Waals surface area contributed by atoms with Crippen molar-refractivity contribution in [2.45, 2.75) is 19.9 Å². The van der Waals surface area contributed by atoms with Crippen LogP contribution in [0.1, 0.15) is 18.9 Å². The lowest BCUT2D eigenvalue weighted by Gasteiger charge is -2.35. The van der Waals surface area contributed by atoms with Crippen LogP contribution in [0.25, 0.3) is 0 Å². The molecule has 0 aliphatic carbocycles. The van der Waals surface area contributed by atoms with Gasteiger partial charge in [-0.3, -0.25) is 4.90 Å². The molecule has 4 nitrogen and oxygen atoms in total. The average Bonchev–Trinajstić information content (AvgIpc) is 2.40. The molecule has 1 fully saturated rings. The van der Waals surface area contributed by atoms with Crippen molar-refractivity contribution in [2.75, 3.05) is 37.6 Å². The van der Waals surface area contributed by atoms with Crippen LogP contribution in [0, 0.1) is 0 Å². The Bertz CT molecular complexity index is 389. The first-order chi connectivity index (χ1) is 8.74. The Morgan fingerprint density at radius 2 is 2.06 bits per heavy atom. The molecule has 18 heavy (non-hydrogen) atoms. The van der Waals surface area contributed by atoms with Crippen LogP contribution in [0.5, 0.6) is 0 Å². The number of nitrogens with zero attached hydrogens (tertiary/aromatic N) is 3. The molecule has 1 aromatic heterocycles. The highest BCUT2D eigenvalue weighted by Crippen LogP contribution is 2.24. The van der Waals surface area contributed by atoms with E-state index in [0.29, 0.717) is 11.6 Å². The molecule has 2 heterocycles. The number of pyridine rings is 1. The van der Waals surface area contributed by atoms with Gasteiger partial charge in [0.25, 0.3) is 0 Å². The van der Waals surface area contributed by atoms with Gasteiger partial charge >= 0.3 is 0 Å². The van der Waals surface area contributed by atoms with Gasteiger partial charge in [0.1, 0.15) is 5.82 Å². The maximum Gasteiger partial charge on any atom is 0.147 e. The second kappa shape index (κ2) is 6.36. The molecule has 0 unspecified atom stereocenters. The van der Waals surface area contributed by atoms with Crippen LogP contribution in [0.3, 0.4) is 0 Å². The zero-order chi connectivity index (χ0) is 13.0. The molecule has 0 amide bonds. The van der Waals surface area contributed by atoms with Gasteiger partial charge < -0.3 is 10.6 Å². The molecule has 2 N–H and O–H groups in total. The second-order valence-electron chi connectivity index (χ2n) is 4.68. The van der Waals surface area contributed by atoms with Crippen LogP contribution in [-0.2, 0) is 6.54 Å². The van der Waals surface area contributed by atoms with Gasteiger partial charge in [0.2, 0.25) is 0 Å². The summed E-state index contributed by atoms with van der Waals surface area (Å²) in [6, 6.07) is 1.92. The quantitative estimate of drug-likeness (QED) is 0.903. The van der Waals surface area contributed by atoms with Crippen molar-refractivity contribution in [1.82, 2.24) is 9.88 Å². The minimum Gasteiger partial charge on any atom is -0.353 e. The number of halogens is 1. The summed E-state index contributed by atoms with van der Waals surface area (Å²) in [5, 5.41) is 0.710. The Labute approximate surface area is 114 Å². The molecular weight excluding hydrogens is 248 g/mol. The van der Waals surface area contributed by atoms with Crippen molar-refractivity contribution in [2.24, 2.45) is 5.73 Å². The fourth-order valence-electron chi connectivity index (χ4n) is 2.31. The first-order valence-corrected chi connectivity index (χ1v) is 6.94. The number of anilines is 1. The summed E-state index contributed by atoms with van der Waals surface area (Å²) < 4.78 is 0. The van der Waals surface area contributed by atoms with Gasteiger partial charge in [-0.2, -0.15) is 0 Å². The highest BCUT2D eigenvalue weighted by molar-refractivity contribution is 6.33. The lowest BCUT2D eigenvalue weighted by Crippen LogP contribution is -2.46. The molecule has 1 aliphatic rings. The predicted octanol–water partition coefficient (Wildman–Crippen LogP) is 1.73. The molecule has 0 spiro atoms. The molecule has 2 rings (SSSR count). The Hall–Kier alpha value is -0.840. The smallest absolute Gasteiger partial charge is 0.147 e. The van der Waals surface area contributed by atoms with Gasteiger partial charge in [-0.05, 0) is 24.6 Å². The summed E-state index contributed by atoms with van der Waals surface area (Å²) in [6.45, 7) is 8.05. The molecular formula is C13H21ClN4. The molecule has 100 valence electrons. The summed E-state index contributed by atoms with van der Waals surface area (Å²) in [5.74, 6) is 0.894. The highest BCUT2D eigenvalue weighted by atomic mass is 35.5. The topological polar surface area (TPSA) is 45.4 Å². The van der Waals surface area contributed by atoms with Crippen LogP contribution >= 0.6 is 11.6 Å². The third kappa shape index (κ3) is 3.13. The van der Waals surface area contributed by atoms with E-state index in [2.05, 4.69) is 21.7 Å². The average molecular weight is 269 g/mol. The van der Waals surface area contributed by atoms with Crippen LogP contribution < -0.4 is 10.6 Å². The largest absolute Gasteiger partial charge is 0.353 e. The Balaban J connectivity index is 2.01. The van der Waals surface area contributed by atoms with E-state index in [-0.39, 0.29) is 0 Å². The fraction of sp³-hybridized carbons (Fsp3) is 0.615. The summed E-state index contributed by atoms with van der Waals surface area (Å²) in [4.78, 5) is 9.18. The Morgan fingerprint density at radius 1 is 1.33 bits per heavy atom. The van der Waals surface area contributed by atoms with Crippen molar-refractivity contribution in [1.29, 1.82) is 0 Å². The van der Waals surface area contributed by atoms with Crippen LogP contribution in [0.15, 0.2) is 12.3 Å². The van der Waals surface area contributed by atoms with E-state index in [0.717, 1.165) is 37.6 Å². The summed E-state index contributed by atoms with van der Waals surface area (Å²) in [7, 11) is 0. The van der Waals surface area contributed by atoms with Crippen LogP contribution in [0.4, 0.5) is 5.82 Å². The minimum atomic E-state index is 0.483. The summed E-state index contributed by atoms with van der Waals surface area (Å²) in [6.07, 6.45) is 3.03. The van der Waals surface area contributed by atoms with E-state index in [1.807, 2.05) is 12.3 Å². The molecule has 0 saturated carbocycles. The maximum absolute atomic E-state index is 6.27. The molecule has 0 bridgehead atoms. The molecule has 0 atom stereocenters. The first-order valence-electron chi connectivity index (χ1n) is 6.56. The third-order valence-corrected chi connectivity index (χ3v) is 3.60. The van der Waals surface area contributed by atoms with E-state index in [9.17, 15) is 0 Å². The summed E-state index contributed by atoms with van der Waals surface area (Å²) in [5.41, 5.74) is 6.56. The fourth-order valence-corrected chi connectivity index (χ4v) is 2.62. The summed E-state index contributed by atoms with van der Waals surface area (Å²) >= 11 is 6.27. The number of hydrogen-bond acceptors (Lipinski definition) is 4. The number of piperazine rings is 1. The number of hydrogen-bond donors (Lipinski definition) is 1. The van der Waals surface area contributed by atoms with Gasteiger partial charge in [0, 0.05) is 38.9 Å². The number of nitrogens with two attached hydrogens (primary N) is 1. The van der Waals surface area contributed by atoms with E-state index in [1.54, 1.807) is 0 Å². The Morgan fingerprint density at radius 3 is 2.61 bits per heavy atom. The van der Waals surface area contributed by atoms with Gasteiger partial charge in [0.05, 0.1) is 5.02 Å². The van der Waals surface area contributed by atoms with Crippen molar-refractivity contribution < 1.29 is 0 Å². The second-order valence-corrected chi connectivity index (χ2v) is 5.09. The lowest BCUT2D eigenvalue weighted by atomic mass is 10.2. The van der Waals surface area contributed by atoms with Gasteiger partial charge in [-0.1, -0.05) is 18.5 Å². The van der Waals surface area contributed by atoms with E-state index < -0.39 is 0 Å². The SMILES string of the molecule is CCCN1CCN(c2ncc(CN)cc2Cl)CC1. The molecule has 1 aliphatic heterocycles. The van der Waals surface area contributed by atoms with Crippen molar-refractivity contribution in [3.8, 4) is 0 Å². The number of rotatable bonds is 4. The van der Waals surface area contributed by atoms with Crippen LogP contribution in [-0.4, -0.2) is 42.6 Å². The van der Waals surface area contributed by atoms with E-state index in [4.69, 9.17) is 17.3 Å². The van der Waals surface area contributed by atoms with Gasteiger partial charge in [-0.25, -0.2) is 4.98 Å². The molecule has 0 aromatic carbocycles. The van der Waals surface area contributed by atoms with Gasteiger partial charge in [-0.15, -0.1) is 0 Å². The van der Waals surface area contributed by atoms with Gasteiger partial charge in [0.15, 0.2) is 0 Å². The first kappa shape index (κ1) is 13.6. The van der Waals surface area contributed by atoms with Crippen molar-refractivity contribution >= 4 is 17.4 Å². The zero-order valence-corrected chi connectivity index (χ0v) is 11.7. The monoisotopic (exact) mass is 268 g/mol. The zero-order valence-electron chi connectivity index (χ0n) is 10.9. The Kier molecular flexibility index (Phi) is 4.80. The maximum atomic E-state index is 6.27. The van der Waals surface area contributed by atoms with Crippen molar-refractivity contribution in [3.05, 3.63) is 22.8 Å². The van der Waals surface area contributed by atoms with E-state index in [1.165, 1.54) is 13.0 Å². The minimum absolute atomic E-state index is 0.483. The molecule has 1 aromatic rings.